The van der Waals surface area contributed by atoms with Crippen LogP contribution in [0.15, 0.2) is 35.7 Å². The van der Waals surface area contributed by atoms with Gasteiger partial charge >= 0.3 is 5.97 Å². The zero-order chi connectivity index (χ0) is 20.0. The molecule has 7 nitrogen and oxygen atoms in total. The van der Waals surface area contributed by atoms with Crippen molar-refractivity contribution >= 4 is 21.9 Å². The lowest BCUT2D eigenvalue weighted by Gasteiger charge is -2.26. The highest BCUT2D eigenvalue weighted by Crippen LogP contribution is 2.23. The van der Waals surface area contributed by atoms with Crippen molar-refractivity contribution in [1.82, 2.24) is 9.62 Å². The van der Waals surface area contributed by atoms with E-state index >= 15 is 0 Å². The average molecular weight is 394 g/mol. The second-order valence-corrected chi connectivity index (χ2v) is 8.61. The molecule has 2 N–H and O–H groups in total. The number of carboxylic acids is 1. The molecule has 1 heterocycles. The maximum absolute atomic E-state index is 12.8. The van der Waals surface area contributed by atoms with E-state index in [1.54, 1.807) is 19.1 Å². The van der Waals surface area contributed by atoms with Gasteiger partial charge < -0.3 is 10.4 Å². The number of sulfonamides is 1. The van der Waals surface area contributed by atoms with E-state index in [-0.39, 0.29) is 16.9 Å². The van der Waals surface area contributed by atoms with Crippen molar-refractivity contribution in [2.45, 2.75) is 50.0 Å². The van der Waals surface area contributed by atoms with E-state index < -0.39 is 27.9 Å². The van der Waals surface area contributed by atoms with Gasteiger partial charge in [0.15, 0.2) is 0 Å². The molecular formula is C19H26N2O5S. The van der Waals surface area contributed by atoms with Gasteiger partial charge in [-0.15, -0.1) is 6.58 Å². The molecule has 1 saturated heterocycles. The molecular weight excluding hydrogens is 368 g/mol. The third kappa shape index (κ3) is 5.17. The number of carbonyl (C=O) groups is 2. The molecule has 0 spiro atoms. The summed E-state index contributed by atoms with van der Waals surface area (Å²) in [4.78, 5) is 24.0. The number of hydrogen-bond acceptors (Lipinski definition) is 4. The highest BCUT2D eigenvalue weighted by atomic mass is 32.2. The number of hydrogen-bond donors (Lipinski definition) is 2. The van der Waals surface area contributed by atoms with Gasteiger partial charge in [0.05, 0.1) is 4.90 Å². The van der Waals surface area contributed by atoms with Crippen molar-refractivity contribution in [3.05, 3.63) is 42.0 Å². The molecule has 1 unspecified atom stereocenters. The second-order valence-electron chi connectivity index (χ2n) is 6.67. The van der Waals surface area contributed by atoms with Crippen molar-refractivity contribution in [2.24, 2.45) is 0 Å². The number of aryl methyl sites for hydroxylation is 1. The lowest BCUT2D eigenvalue weighted by Crippen LogP contribution is -2.41. The lowest BCUT2D eigenvalue weighted by atomic mass is 10.1. The van der Waals surface area contributed by atoms with Crippen LogP contribution in [0.25, 0.3) is 0 Å². The predicted octanol–water partition coefficient (Wildman–Crippen LogP) is 2.32. The standard InChI is InChI=1S/C19H26N2O5S/c1-3-4-8-17(19(23)24)20-18(22)16-13-15(10-9-14(16)2)27(25,26)21-11-6-5-7-12-21/h3,9-10,13,17H,1,4-8,11-12H2,2H3,(H,20,22)(H,23,24). The summed E-state index contributed by atoms with van der Waals surface area (Å²) in [5.41, 5.74) is 0.746. The van der Waals surface area contributed by atoms with E-state index in [4.69, 9.17) is 0 Å². The van der Waals surface area contributed by atoms with Gasteiger partial charge in [0, 0.05) is 18.7 Å². The summed E-state index contributed by atoms with van der Waals surface area (Å²) in [6, 6.07) is 3.34. The number of rotatable bonds is 8. The Labute approximate surface area is 160 Å². The number of nitrogens with zero attached hydrogens (tertiary/aromatic N) is 1. The normalized spacial score (nSPS) is 16.5. The SMILES string of the molecule is C=CCCC(NC(=O)c1cc(S(=O)(=O)N2CCCCC2)ccc1C)C(=O)O. The lowest BCUT2D eigenvalue weighted by molar-refractivity contribution is -0.139. The molecule has 148 valence electrons. The fraction of sp³-hybridized carbons (Fsp3) is 0.474. The molecule has 0 saturated carbocycles. The fourth-order valence-corrected chi connectivity index (χ4v) is 4.58. The molecule has 1 aliphatic rings. The van der Waals surface area contributed by atoms with Gasteiger partial charge in [-0.25, -0.2) is 13.2 Å². The molecule has 2 rings (SSSR count). The first-order valence-electron chi connectivity index (χ1n) is 9.02. The summed E-state index contributed by atoms with van der Waals surface area (Å²) in [6.07, 6.45) is 4.90. The number of aliphatic carboxylic acids is 1. The number of amides is 1. The Morgan fingerprint density at radius 2 is 1.96 bits per heavy atom. The van der Waals surface area contributed by atoms with Crippen molar-refractivity contribution in [1.29, 1.82) is 0 Å². The maximum atomic E-state index is 12.8. The third-order valence-electron chi connectivity index (χ3n) is 4.67. The zero-order valence-electron chi connectivity index (χ0n) is 15.5. The monoisotopic (exact) mass is 394 g/mol. The van der Waals surface area contributed by atoms with Gasteiger partial charge in [-0.1, -0.05) is 18.6 Å². The molecule has 27 heavy (non-hydrogen) atoms. The Bertz CT molecular complexity index is 813. The molecule has 1 aromatic carbocycles. The minimum atomic E-state index is -3.67. The molecule has 1 aliphatic heterocycles. The van der Waals surface area contributed by atoms with E-state index in [0.29, 0.717) is 25.1 Å². The number of piperidine rings is 1. The van der Waals surface area contributed by atoms with Crippen LogP contribution < -0.4 is 5.32 Å². The van der Waals surface area contributed by atoms with Crippen LogP contribution >= 0.6 is 0 Å². The first-order valence-corrected chi connectivity index (χ1v) is 10.5. The Kier molecular flexibility index (Phi) is 7.15. The molecule has 1 fully saturated rings. The smallest absolute Gasteiger partial charge is 0.326 e. The molecule has 0 radical (unpaired) electrons. The van der Waals surface area contributed by atoms with Gasteiger partial charge in [0.25, 0.3) is 5.91 Å². The number of nitrogens with one attached hydrogen (secondary N) is 1. The predicted molar refractivity (Wildman–Crippen MR) is 102 cm³/mol. The van der Waals surface area contributed by atoms with Gasteiger partial charge in [0.2, 0.25) is 10.0 Å². The molecule has 0 aromatic heterocycles. The molecule has 1 atom stereocenters. The number of benzene rings is 1. The van der Waals surface area contributed by atoms with Crippen molar-refractivity contribution in [2.75, 3.05) is 13.1 Å². The van der Waals surface area contributed by atoms with Crippen LogP contribution in [0, 0.1) is 6.92 Å². The van der Waals surface area contributed by atoms with E-state index in [9.17, 15) is 23.1 Å². The molecule has 1 aromatic rings. The molecule has 0 bridgehead atoms. The van der Waals surface area contributed by atoms with Gasteiger partial charge in [-0.05, 0) is 50.3 Å². The molecule has 8 heteroatoms. The topological polar surface area (TPSA) is 104 Å². The number of carboxylic acid groups (broad SMARTS) is 1. The van der Waals surface area contributed by atoms with Gasteiger partial charge in [-0.3, -0.25) is 4.79 Å². The molecule has 1 amide bonds. The Morgan fingerprint density at radius 1 is 1.30 bits per heavy atom. The zero-order valence-corrected chi connectivity index (χ0v) is 16.3. The Morgan fingerprint density at radius 3 is 2.56 bits per heavy atom. The quantitative estimate of drug-likeness (QED) is 0.659. The highest BCUT2D eigenvalue weighted by molar-refractivity contribution is 7.89. The Hall–Kier alpha value is -2.19. The second kappa shape index (κ2) is 9.14. The number of allylic oxidation sites excluding steroid dienone is 1. The van der Waals surface area contributed by atoms with E-state index in [0.717, 1.165) is 19.3 Å². The van der Waals surface area contributed by atoms with Gasteiger partial charge in [0.1, 0.15) is 6.04 Å². The first-order chi connectivity index (χ1) is 12.8. The summed E-state index contributed by atoms with van der Waals surface area (Å²) in [6.45, 7) is 6.18. The van der Waals surface area contributed by atoms with Crippen molar-refractivity contribution in [3.8, 4) is 0 Å². The van der Waals surface area contributed by atoms with Crippen LogP contribution in [-0.4, -0.2) is 48.8 Å². The maximum Gasteiger partial charge on any atom is 0.326 e. The Balaban J connectivity index is 2.26. The number of carbonyl (C=O) groups excluding carboxylic acids is 1. The highest BCUT2D eigenvalue weighted by Gasteiger charge is 2.28. The first kappa shape index (κ1) is 21.1. The van der Waals surface area contributed by atoms with Crippen LogP contribution in [0.1, 0.15) is 48.0 Å². The summed E-state index contributed by atoms with van der Waals surface area (Å²) in [7, 11) is -3.67. The van der Waals surface area contributed by atoms with Crippen LogP contribution in [0.3, 0.4) is 0 Å². The average Bonchev–Trinajstić information content (AvgIpc) is 2.65. The van der Waals surface area contributed by atoms with Crippen LogP contribution in [0.4, 0.5) is 0 Å². The minimum Gasteiger partial charge on any atom is -0.480 e. The van der Waals surface area contributed by atoms with Crippen molar-refractivity contribution in [3.63, 3.8) is 0 Å². The summed E-state index contributed by atoms with van der Waals surface area (Å²) in [5, 5.41) is 11.7. The molecule has 0 aliphatic carbocycles. The van der Waals surface area contributed by atoms with Gasteiger partial charge in [-0.2, -0.15) is 4.31 Å². The largest absolute Gasteiger partial charge is 0.480 e. The summed E-state index contributed by atoms with van der Waals surface area (Å²) in [5.74, 6) is -1.74. The fourth-order valence-electron chi connectivity index (χ4n) is 3.04. The van der Waals surface area contributed by atoms with E-state index in [2.05, 4.69) is 11.9 Å². The van der Waals surface area contributed by atoms with Crippen LogP contribution in [-0.2, 0) is 14.8 Å². The van der Waals surface area contributed by atoms with Crippen molar-refractivity contribution < 1.29 is 23.1 Å². The summed E-state index contributed by atoms with van der Waals surface area (Å²) >= 11 is 0. The van der Waals surface area contributed by atoms with E-state index in [1.807, 2.05) is 0 Å². The summed E-state index contributed by atoms with van der Waals surface area (Å²) < 4.78 is 27.1. The van der Waals surface area contributed by atoms with Crippen LogP contribution in [0.5, 0.6) is 0 Å². The minimum absolute atomic E-state index is 0.0538. The van der Waals surface area contributed by atoms with Crippen LogP contribution in [0.2, 0.25) is 0 Å². The third-order valence-corrected chi connectivity index (χ3v) is 6.56. The van der Waals surface area contributed by atoms with E-state index in [1.165, 1.54) is 16.4 Å².